The van der Waals surface area contributed by atoms with Crippen LogP contribution in [-0.2, 0) is 42.2 Å². The summed E-state index contributed by atoms with van der Waals surface area (Å²) in [6, 6.07) is 0. The Morgan fingerprint density at radius 1 is 1.75 bits per heavy atom. The first-order valence-electron chi connectivity index (χ1n) is 1.63. The summed E-state index contributed by atoms with van der Waals surface area (Å²) < 4.78 is 4.12. The molecule has 0 aromatic carbocycles. The second-order valence-corrected chi connectivity index (χ2v) is 1.01. The molecule has 1 unspecified atom stereocenters. The van der Waals surface area contributed by atoms with Gasteiger partial charge in [-0.3, -0.25) is 0 Å². The average molecular weight is 191 g/mol. The van der Waals surface area contributed by atoms with Gasteiger partial charge in [0.15, 0.2) is 0 Å². The van der Waals surface area contributed by atoms with Gasteiger partial charge >= 0.3 is 0 Å². The van der Waals surface area contributed by atoms with E-state index in [1.165, 1.54) is 6.47 Å². The van der Waals surface area contributed by atoms with E-state index in [0.717, 1.165) is 0 Å². The second kappa shape index (κ2) is 10.5. The van der Waals surface area contributed by atoms with E-state index in [0.29, 0.717) is 0 Å². The zero-order chi connectivity index (χ0) is 4.99. The van der Waals surface area contributed by atoms with Gasteiger partial charge in [0.05, 0.1) is 0 Å². The predicted molar refractivity (Wildman–Crippen MR) is 28.3 cm³/mol. The zero-order valence-corrected chi connectivity index (χ0v) is 7.02. The Balaban J connectivity index is -0.000000125. The van der Waals surface area contributed by atoms with Crippen LogP contribution in [0.2, 0.25) is 0 Å². The van der Waals surface area contributed by atoms with Crippen molar-refractivity contribution in [2.24, 2.45) is 0 Å². The first kappa shape index (κ1) is 15.8. The van der Waals surface area contributed by atoms with Gasteiger partial charge in [-0.1, -0.05) is 26.9 Å². The molecule has 0 aliphatic carbocycles. The summed E-state index contributed by atoms with van der Waals surface area (Å²) in [5.41, 5.74) is 0. The zero-order valence-electron chi connectivity index (χ0n) is 4.18. The van der Waals surface area contributed by atoms with Crippen LogP contribution in [0.4, 0.5) is 0 Å². The van der Waals surface area contributed by atoms with Crippen molar-refractivity contribution in [2.75, 3.05) is 0 Å². The Morgan fingerprint density at radius 3 is 2.12 bits per heavy atom. The van der Waals surface area contributed by atoms with E-state index in [1.807, 2.05) is 0 Å². The summed E-state index contributed by atoms with van der Waals surface area (Å²) in [5, 5.41) is 0. The average Bonchev–Trinajstić information content (AvgIpc) is 1.35. The number of rotatable bonds is 2. The molecule has 0 aromatic rings. The van der Waals surface area contributed by atoms with Crippen LogP contribution in [-0.4, -0.2) is 12.6 Å². The van der Waals surface area contributed by atoms with E-state index in [4.69, 9.17) is 0 Å². The van der Waals surface area contributed by atoms with Crippen LogP contribution >= 0.6 is 0 Å². The van der Waals surface area contributed by atoms with Gasteiger partial charge in [0.25, 0.3) is 0 Å². The molecule has 0 fully saturated rings. The fraction of sp³-hybridized carbons (Fsp3) is 0.600. The van der Waals surface area contributed by atoms with Gasteiger partial charge in [0.2, 0.25) is 0 Å². The third kappa shape index (κ3) is 16.0. The van der Waals surface area contributed by atoms with Gasteiger partial charge in [0.1, 0.15) is 0 Å². The Bertz CT molecular complexity index is 45.7. The SMILES string of the molecule is C.[CH2-]C(C)O[C-]=O.[Y]. The summed E-state index contributed by atoms with van der Waals surface area (Å²) >= 11 is 0. The molecule has 47 valence electrons. The normalized spacial score (nSPS) is 9.75. The van der Waals surface area contributed by atoms with Crippen molar-refractivity contribution < 1.29 is 42.2 Å². The molecule has 0 aromatic heterocycles. The van der Waals surface area contributed by atoms with Crippen molar-refractivity contribution >= 4 is 6.47 Å². The van der Waals surface area contributed by atoms with Crippen LogP contribution in [0.25, 0.3) is 0 Å². The molecule has 1 radical (unpaired) electrons. The van der Waals surface area contributed by atoms with Crippen molar-refractivity contribution in [2.45, 2.75) is 20.5 Å². The van der Waals surface area contributed by atoms with Crippen LogP contribution in [0.3, 0.4) is 0 Å². The van der Waals surface area contributed by atoms with Crippen LogP contribution < -0.4 is 0 Å². The molecule has 0 saturated carbocycles. The van der Waals surface area contributed by atoms with Gasteiger partial charge < -0.3 is 16.5 Å². The maximum Gasteiger partial charge on any atom is 0 e. The quantitative estimate of drug-likeness (QED) is 0.606. The molecule has 0 rings (SSSR count). The van der Waals surface area contributed by atoms with Crippen LogP contribution in [0.5, 0.6) is 0 Å². The van der Waals surface area contributed by atoms with E-state index >= 15 is 0 Å². The fourth-order valence-corrected chi connectivity index (χ4v) is 0.0821. The summed E-state index contributed by atoms with van der Waals surface area (Å²) in [7, 11) is 0. The summed E-state index contributed by atoms with van der Waals surface area (Å²) in [4.78, 5) is 9.23. The molecule has 0 amide bonds. The number of ether oxygens (including phenoxy) is 1. The number of hydrogen-bond acceptors (Lipinski definition) is 2. The predicted octanol–water partition coefficient (Wildman–Crippen LogP) is 0.926. The second-order valence-electron chi connectivity index (χ2n) is 1.01. The van der Waals surface area contributed by atoms with E-state index in [2.05, 4.69) is 11.7 Å². The molecule has 0 saturated heterocycles. The maximum absolute atomic E-state index is 9.23. The summed E-state index contributed by atoms with van der Waals surface area (Å²) in [6.45, 7) is 6.26. The van der Waals surface area contributed by atoms with Gasteiger partial charge in [-0.2, -0.15) is 0 Å². The summed E-state index contributed by atoms with van der Waals surface area (Å²) in [5.74, 6) is 0. The molecule has 0 spiro atoms. The van der Waals surface area contributed by atoms with Crippen molar-refractivity contribution in [3.63, 3.8) is 0 Å². The van der Waals surface area contributed by atoms with Gasteiger partial charge in [0, 0.05) is 32.7 Å². The first-order chi connectivity index (χ1) is 2.77. The Morgan fingerprint density at radius 2 is 2.12 bits per heavy atom. The maximum atomic E-state index is 9.23. The molecule has 2 nitrogen and oxygen atoms in total. The van der Waals surface area contributed by atoms with E-state index in [1.54, 1.807) is 6.92 Å². The third-order valence-corrected chi connectivity index (χ3v) is 0.249. The van der Waals surface area contributed by atoms with Gasteiger partial charge in [-0.05, 0) is 0 Å². The molecule has 3 heteroatoms. The molecular weight excluding hydrogens is 181 g/mol. The monoisotopic (exact) mass is 191 g/mol. The van der Waals surface area contributed by atoms with E-state index in [9.17, 15) is 4.79 Å². The molecule has 0 heterocycles. The van der Waals surface area contributed by atoms with Crippen molar-refractivity contribution in [3.05, 3.63) is 6.92 Å². The summed E-state index contributed by atoms with van der Waals surface area (Å²) in [6.07, 6.45) is -0.275. The first-order valence-corrected chi connectivity index (χ1v) is 1.63. The minimum absolute atomic E-state index is 0. The molecule has 0 bridgehead atoms. The molecule has 1 atom stereocenters. The molecular formula is C5H10O2Y-2. The van der Waals surface area contributed by atoms with E-state index in [-0.39, 0.29) is 46.2 Å². The Kier molecular flexibility index (Phi) is 20.8. The Labute approximate surface area is 75.9 Å². The molecule has 8 heavy (non-hydrogen) atoms. The topological polar surface area (TPSA) is 26.3 Å². The van der Waals surface area contributed by atoms with Gasteiger partial charge in [-0.25, -0.2) is 0 Å². The van der Waals surface area contributed by atoms with Crippen molar-refractivity contribution in [1.82, 2.24) is 0 Å². The standard InChI is InChI=1S/C4H6O2.CH4.Y/c1-4(2)6-3-5;;/h4H,1H2,2H3;1H4;/q-2;;. The fourth-order valence-electron chi connectivity index (χ4n) is 0.0821. The van der Waals surface area contributed by atoms with Gasteiger partial charge in [-0.15, -0.1) is 0 Å². The number of hydrogen-bond donors (Lipinski definition) is 0. The van der Waals surface area contributed by atoms with Crippen LogP contribution in [0, 0.1) is 6.92 Å². The minimum Gasteiger partial charge on any atom is -0.675 e. The van der Waals surface area contributed by atoms with Crippen LogP contribution in [0.15, 0.2) is 0 Å². The smallest absolute Gasteiger partial charge is 0 e. The molecule has 0 aliphatic rings. The molecule has 0 aliphatic heterocycles. The number of carbonyl (C=O) groups excluding carboxylic acids is 1. The largest absolute Gasteiger partial charge is 0.675 e. The Hall–Kier alpha value is 0.574. The minimum atomic E-state index is -0.275. The van der Waals surface area contributed by atoms with Crippen molar-refractivity contribution in [3.8, 4) is 0 Å². The third-order valence-electron chi connectivity index (χ3n) is 0.249. The van der Waals surface area contributed by atoms with E-state index < -0.39 is 0 Å². The van der Waals surface area contributed by atoms with Crippen molar-refractivity contribution in [1.29, 1.82) is 0 Å². The van der Waals surface area contributed by atoms with Crippen LogP contribution in [0.1, 0.15) is 14.4 Å². The molecule has 0 N–H and O–H groups in total.